The second-order valence-corrected chi connectivity index (χ2v) is 8.67. The molecular weight excluding hydrogens is 454 g/mol. The molecule has 11 heteroatoms. The molecule has 1 aromatic heterocycles. The largest absolute Gasteiger partial charge is 0.493 e. The van der Waals surface area contributed by atoms with E-state index in [4.69, 9.17) is 18.7 Å². The van der Waals surface area contributed by atoms with Crippen molar-refractivity contribution in [2.75, 3.05) is 60.1 Å². The first-order valence-electron chi connectivity index (χ1n) is 12.0. The molecule has 0 radical (unpaired) electrons. The highest BCUT2D eigenvalue weighted by atomic mass is 16.6. The highest BCUT2D eigenvalue weighted by molar-refractivity contribution is 5.79. The van der Waals surface area contributed by atoms with Gasteiger partial charge in [-0.25, -0.2) is 4.79 Å². The van der Waals surface area contributed by atoms with Crippen molar-refractivity contribution in [3.05, 3.63) is 24.1 Å². The number of hydrogen-bond donors (Lipinski definition) is 0. The number of piperidine rings is 1. The molecule has 1 unspecified atom stereocenters. The lowest BCUT2D eigenvalue weighted by atomic mass is 9.96. The minimum atomic E-state index is -0.310. The molecule has 0 aliphatic carbocycles. The van der Waals surface area contributed by atoms with Crippen molar-refractivity contribution in [3.8, 4) is 22.9 Å². The smallest absolute Gasteiger partial charge is 0.409 e. The monoisotopic (exact) mass is 487 g/mol. The third kappa shape index (κ3) is 5.84. The minimum absolute atomic E-state index is 0.0777. The summed E-state index contributed by atoms with van der Waals surface area (Å²) in [5.41, 5.74) is 0.770. The zero-order chi connectivity index (χ0) is 24.8. The fraction of sp³-hybridized carbons (Fsp3) is 0.583. The van der Waals surface area contributed by atoms with E-state index in [1.165, 1.54) is 0 Å². The summed E-state index contributed by atoms with van der Waals surface area (Å²) in [6.07, 6.45) is 1.47. The fourth-order valence-corrected chi connectivity index (χ4v) is 4.59. The Kier molecular flexibility index (Phi) is 8.06. The van der Waals surface area contributed by atoms with Crippen LogP contribution in [-0.2, 0) is 16.1 Å². The zero-order valence-electron chi connectivity index (χ0n) is 20.6. The number of likely N-dealkylation sites (tertiary alicyclic amines) is 1. The molecule has 35 heavy (non-hydrogen) atoms. The van der Waals surface area contributed by atoms with Crippen LogP contribution in [0.5, 0.6) is 11.5 Å². The summed E-state index contributed by atoms with van der Waals surface area (Å²) in [5, 5.41) is 4.12. The predicted octanol–water partition coefficient (Wildman–Crippen LogP) is 2.27. The third-order valence-corrected chi connectivity index (χ3v) is 6.44. The molecule has 1 aromatic carbocycles. The van der Waals surface area contributed by atoms with Crippen molar-refractivity contribution in [1.82, 2.24) is 24.8 Å². The number of benzene rings is 1. The molecule has 2 aliphatic rings. The topological polar surface area (TPSA) is 110 Å². The van der Waals surface area contributed by atoms with Crippen LogP contribution in [0.25, 0.3) is 11.4 Å². The van der Waals surface area contributed by atoms with E-state index in [9.17, 15) is 9.59 Å². The molecule has 2 saturated heterocycles. The quantitative estimate of drug-likeness (QED) is 0.581. The first kappa shape index (κ1) is 24.8. The van der Waals surface area contributed by atoms with Crippen LogP contribution >= 0.6 is 0 Å². The van der Waals surface area contributed by atoms with Gasteiger partial charge < -0.3 is 28.5 Å². The predicted molar refractivity (Wildman–Crippen MR) is 126 cm³/mol. The summed E-state index contributed by atoms with van der Waals surface area (Å²) in [6.45, 7) is 6.21. The molecule has 1 atom stereocenters. The van der Waals surface area contributed by atoms with Crippen LogP contribution in [0.1, 0.15) is 25.7 Å². The standard InChI is InChI=1S/C24H33N5O6/c1-4-34-24(31)29-12-10-28(11-13-29)23(30)18-6-5-9-27(15-18)16-21-25-22(26-35-21)17-7-8-19(32-2)20(14-17)33-3/h7-8,14,18H,4-6,9-13,15-16H2,1-3H3. The molecule has 2 amide bonds. The molecule has 0 N–H and O–H groups in total. The van der Waals surface area contributed by atoms with Crippen LogP contribution in [0.4, 0.5) is 4.79 Å². The van der Waals surface area contributed by atoms with E-state index >= 15 is 0 Å². The van der Waals surface area contributed by atoms with E-state index < -0.39 is 0 Å². The maximum Gasteiger partial charge on any atom is 0.409 e. The molecule has 190 valence electrons. The number of piperazine rings is 1. The molecule has 2 fully saturated rings. The average molecular weight is 488 g/mol. The lowest BCUT2D eigenvalue weighted by molar-refractivity contribution is -0.139. The number of nitrogens with zero attached hydrogens (tertiary/aromatic N) is 5. The molecule has 0 spiro atoms. The Morgan fingerprint density at radius 1 is 1.06 bits per heavy atom. The molecular formula is C24H33N5O6. The summed E-state index contributed by atoms with van der Waals surface area (Å²) >= 11 is 0. The number of aromatic nitrogens is 2. The summed E-state index contributed by atoms with van der Waals surface area (Å²) < 4.78 is 21.2. The molecule has 0 bridgehead atoms. The minimum Gasteiger partial charge on any atom is -0.493 e. The number of carbonyl (C=O) groups is 2. The van der Waals surface area contributed by atoms with E-state index in [2.05, 4.69) is 15.0 Å². The van der Waals surface area contributed by atoms with Crippen LogP contribution in [0, 0.1) is 5.92 Å². The molecule has 11 nitrogen and oxygen atoms in total. The van der Waals surface area contributed by atoms with Gasteiger partial charge in [-0.3, -0.25) is 9.69 Å². The van der Waals surface area contributed by atoms with Gasteiger partial charge in [0.05, 0.1) is 33.3 Å². The van der Waals surface area contributed by atoms with E-state index in [1.807, 2.05) is 17.0 Å². The number of amides is 2. The van der Waals surface area contributed by atoms with Gasteiger partial charge in [0, 0.05) is 38.3 Å². The normalized spacial score (nSPS) is 18.9. The molecule has 0 saturated carbocycles. The van der Waals surface area contributed by atoms with Gasteiger partial charge in [-0.15, -0.1) is 0 Å². The number of methoxy groups -OCH3 is 2. The van der Waals surface area contributed by atoms with Crippen LogP contribution < -0.4 is 9.47 Å². The van der Waals surface area contributed by atoms with Gasteiger partial charge in [0.25, 0.3) is 0 Å². The fourth-order valence-electron chi connectivity index (χ4n) is 4.59. The van der Waals surface area contributed by atoms with Gasteiger partial charge in [0.1, 0.15) is 0 Å². The van der Waals surface area contributed by atoms with Gasteiger partial charge in [-0.2, -0.15) is 4.98 Å². The third-order valence-electron chi connectivity index (χ3n) is 6.44. The molecule has 4 rings (SSSR count). The summed E-state index contributed by atoms with van der Waals surface area (Å²) in [6, 6.07) is 5.47. The van der Waals surface area contributed by atoms with Crippen molar-refractivity contribution >= 4 is 12.0 Å². The average Bonchev–Trinajstić information content (AvgIpc) is 3.36. The van der Waals surface area contributed by atoms with Crippen LogP contribution in [-0.4, -0.2) is 96.9 Å². The lowest BCUT2D eigenvalue weighted by Gasteiger charge is -2.38. The van der Waals surface area contributed by atoms with Crippen LogP contribution in [0.15, 0.2) is 22.7 Å². The summed E-state index contributed by atoms with van der Waals surface area (Å²) in [5.74, 6) is 2.28. The van der Waals surface area contributed by atoms with Crippen molar-refractivity contribution < 1.29 is 28.3 Å². The number of hydrogen-bond acceptors (Lipinski definition) is 9. The maximum atomic E-state index is 13.1. The first-order chi connectivity index (χ1) is 17.0. The highest BCUT2D eigenvalue weighted by Crippen LogP contribution is 2.31. The van der Waals surface area contributed by atoms with Crippen molar-refractivity contribution in [1.29, 1.82) is 0 Å². The van der Waals surface area contributed by atoms with E-state index in [1.54, 1.807) is 32.1 Å². The first-order valence-corrected chi connectivity index (χ1v) is 12.0. The van der Waals surface area contributed by atoms with E-state index in [0.29, 0.717) is 69.1 Å². The Balaban J connectivity index is 1.32. The van der Waals surface area contributed by atoms with Crippen molar-refractivity contribution in [2.45, 2.75) is 26.3 Å². The molecule has 3 heterocycles. The Labute approximate surface area is 204 Å². The van der Waals surface area contributed by atoms with Gasteiger partial charge in [-0.1, -0.05) is 5.16 Å². The van der Waals surface area contributed by atoms with Crippen molar-refractivity contribution in [2.24, 2.45) is 5.92 Å². The van der Waals surface area contributed by atoms with Crippen LogP contribution in [0.3, 0.4) is 0 Å². The van der Waals surface area contributed by atoms with Crippen LogP contribution in [0.2, 0.25) is 0 Å². The van der Waals surface area contributed by atoms with Gasteiger partial charge in [0.2, 0.25) is 17.6 Å². The van der Waals surface area contributed by atoms with Gasteiger partial charge >= 0.3 is 6.09 Å². The Bertz CT molecular complexity index is 1020. The summed E-state index contributed by atoms with van der Waals surface area (Å²) in [7, 11) is 3.17. The zero-order valence-corrected chi connectivity index (χ0v) is 20.6. The summed E-state index contributed by atoms with van der Waals surface area (Å²) in [4.78, 5) is 35.3. The number of carbonyl (C=O) groups excluding carboxylic acids is 2. The Hall–Kier alpha value is -3.34. The second-order valence-electron chi connectivity index (χ2n) is 8.67. The SMILES string of the molecule is CCOC(=O)N1CCN(C(=O)C2CCCN(Cc3nc(-c4ccc(OC)c(OC)c4)no3)C2)CC1. The lowest BCUT2D eigenvalue weighted by Crippen LogP contribution is -2.53. The second kappa shape index (κ2) is 11.4. The number of rotatable bonds is 7. The Morgan fingerprint density at radius 2 is 1.80 bits per heavy atom. The van der Waals surface area contributed by atoms with E-state index in [0.717, 1.165) is 24.9 Å². The van der Waals surface area contributed by atoms with Gasteiger partial charge in [0.15, 0.2) is 11.5 Å². The van der Waals surface area contributed by atoms with E-state index in [-0.39, 0.29) is 17.9 Å². The molecule has 2 aliphatic heterocycles. The molecule has 2 aromatic rings. The highest BCUT2D eigenvalue weighted by Gasteiger charge is 2.32. The van der Waals surface area contributed by atoms with Gasteiger partial charge in [-0.05, 0) is 44.5 Å². The maximum absolute atomic E-state index is 13.1. The van der Waals surface area contributed by atoms with Crippen molar-refractivity contribution in [3.63, 3.8) is 0 Å². The Morgan fingerprint density at radius 3 is 2.51 bits per heavy atom. The number of ether oxygens (including phenoxy) is 3.